The fourth-order valence-corrected chi connectivity index (χ4v) is 4.78. The molecule has 0 atom stereocenters. The number of aromatic nitrogens is 2. The Morgan fingerprint density at radius 3 is 2.27 bits per heavy atom. The van der Waals surface area contributed by atoms with Crippen molar-refractivity contribution < 1.29 is 9.53 Å². The van der Waals surface area contributed by atoms with Gasteiger partial charge in [-0.1, -0.05) is 30.3 Å². The number of aryl methyl sites for hydroxylation is 2. The lowest BCUT2D eigenvalue weighted by atomic mass is 9.97. The molecule has 37 heavy (non-hydrogen) atoms. The van der Waals surface area contributed by atoms with Gasteiger partial charge in [0.05, 0.1) is 18.5 Å². The van der Waals surface area contributed by atoms with Crippen LogP contribution in [0.1, 0.15) is 15.9 Å². The SMILES string of the molecule is COc1ccc(NC(=O)c2ccc(-c3ccc(-c4ccn(C)n4)cc3)c(C)c2)cc1N1CCN(C)CC1. The Hall–Kier alpha value is -4.10. The lowest BCUT2D eigenvalue weighted by Gasteiger charge is -2.35. The zero-order chi connectivity index (χ0) is 25.9. The standard InChI is InChI=1S/C30H33N5O2/c1-21-19-24(9-11-26(21)22-5-7-23(8-6-22)27-13-14-34(3)32-27)30(36)31-25-10-12-29(37-4)28(20-25)35-17-15-33(2)16-18-35/h5-14,19-20H,15-18H2,1-4H3,(H,31,36). The Bertz CT molecular complexity index is 1400. The van der Waals surface area contributed by atoms with Crippen molar-refractivity contribution in [1.29, 1.82) is 0 Å². The molecule has 1 amide bonds. The van der Waals surface area contributed by atoms with Gasteiger partial charge >= 0.3 is 0 Å². The van der Waals surface area contributed by atoms with Crippen molar-refractivity contribution in [3.63, 3.8) is 0 Å². The second-order valence-electron chi connectivity index (χ2n) is 9.61. The summed E-state index contributed by atoms with van der Waals surface area (Å²) in [7, 11) is 5.74. The van der Waals surface area contributed by atoms with Crippen LogP contribution < -0.4 is 15.0 Å². The second-order valence-corrected chi connectivity index (χ2v) is 9.61. The predicted molar refractivity (Wildman–Crippen MR) is 149 cm³/mol. The molecule has 2 heterocycles. The average Bonchev–Trinajstić information content (AvgIpc) is 3.35. The molecule has 1 saturated heterocycles. The fraction of sp³-hybridized carbons (Fsp3) is 0.267. The number of ether oxygens (including phenoxy) is 1. The molecule has 1 aliphatic rings. The summed E-state index contributed by atoms with van der Waals surface area (Å²) in [6, 6.07) is 22.0. The summed E-state index contributed by atoms with van der Waals surface area (Å²) in [5.41, 5.74) is 7.68. The van der Waals surface area contributed by atoms with Crippen molar-refractivity contribution in [2.75, 3.05) is 50.6 Å². The third-order valence-corrected chi connectivity index (χ3v) is 6.97. The third-order valence-electron chi connectivity index (χ3n) is 6.97. The summed E-state index contributed by atoms with van der Waals surface area (Å²) in [4.78, 5) is 17.8. The van der Waals surface area contributed by atoms with E-state index in [9.17, 15) is 4.79 Å². The van der Waals surface area contributed by atoms with E-state index in [1.54, 1.807) is 11.8 Å². The molecule has 1 fully saturated rings. The summed E-state index contributed by atoms with van der Waals surface area (Å²) >= 11 is 0. The first-order valence-electron chi connectivity index (χ1n) is 12.6. The topological polar surface area (TPSA) is 62.6 Å². The Labute approximate surface area is 218 Å². The van der Waals surface area contributed by atoms with E-state index >= 15 is 0 Å². The zero-order valence-electron chi connectivity index (χ0n) is 21.9. The molecule has 0 saturated carbocycles. The number of carbonyl (C=O) groups excluding carboxylic acids is 1. The van der Waals surface area contributed by atoms with E-state index in [0.29, 0.717) is 5.56 Å². The highest BCUT2D eigenvalue weighted by atomic mass is 16.5. The number of hydrogen-bond acceptors (Lipinski definition) is 5. The average molecular weight is 496 g/mol. The number of hydrogen-bond donors (Lipinski definition) is 1. The number of piperazine rings is 1. The van der Waals surface area contributed by atoms with E-state index in [-0.39, 0.29) is 5.91 Å². The highest BCUT2D eigenvalue weighted by Gasteiger charge is 2.19. The Morgan fingerprint density at radius 2 is 1.62 bits per heavy atom. The van der Waals surface area contributed by atoms with Gasteiger partial charge in [0.25, 0.3) is 5.91 Å². The summed E-state index contributed by atoms with van der Waals surface area (Å²) in [5.74, 6) is 0.687. The van der Waals surface area contributed by atoms with Crippen molar-refractivity contribution in [3.8, 4) is 28.1 Å². The quantitative estimate of drug-likeness (QED) is 0.404. The van der Waals surface area contributed by atoms with Gasteiger partial charge in [0.1, 0.15) is 5.75 Å². The van der Waals surface area contributed by atoms with Gasteiger partial charge in [0, 0.05) is 56.2 Å². The fourth-order valence-electron chi connectivity index (χ4n) is 4.78. The van der Waals surface area contributed by atoms with Crippen LogP contribution in [0.15, 0.2) is 72.9 Å². The molecule has 5 rings (SSSR count). The molecule has 0 unspecified atom stereocenters. The van der Waals surface area contributed by atoms with Crippen molar-refractivity contribution >= 4 is 17.3 Å². The number of rotatable bonds is 6. The highest BCUT2D eigenvalue weighted by molar-refractivity contribution is 6.05. The van der Waals surface area contributed by atoms with Crippen LogP contribution in [0.3, 0.4) is 0 Å². The van der Waals surface area contributed by atoms with Crippen molar-refractivity contribution in [3.05, 3.63) is 84.1 Å². The molecule has 3 aromatic carbocycles. The first-order valence-corrected chi connectivity index (χ1v) is 12.6. The monoisotopic (exact) mass is 495 g/mol. The molecule has 0 spiro atoms. The molecule has 1 N–H and O–H groups in total. The van der Waals surface area contributed by atoms with E-state index in [4.69, 9.17) is 4.74 Å². The Kier molecular flexibility index (Phi) is 6.97. The number of methoxy groups -OCH3 is 1. The van der Waals surface area contributed by atoms with Crippen LogP contribution >= 0.6 is 0 Å². The van der Waals surface area contributed by atoms with Gasteiger partial charge in [-0.3, -0.25) is 9.48 Å². The minimum atomic E-state index is -0.130. The molecule has 190 valence electrons. The van der Waals surface area contributed by atoms with Crippen LogP contribution in [0, 0.1) is 6.92 Å². The molecule has 4 aromatic rings. The maximum atomic E-state index is 13.1. The van der Waals surface area contributed by atoms with Crippen LogP contribution in [0.4, 0.5) is 11.4 Å². The first-order chi connectivity index (χ1) is 17.9. The summed E-state index contributed by atoms with van der Waals surface area (Å²) < 4.78 is 7.40. The predicted octanol–water partition coefficient (Wildman–Crippen LogP) is 5.08. The van der Waals surface area contributed by atoms with Crippen LogP contribution in [-0.2, 0) is 7.05 Å². The number of benzene rings is 3. The molecule has 1 aliphatic heterocycles. The minimum Gasteiger partial charge on any atom is -0.495 e. The van der Waals surface area contributed by atoms with Crippen LogP contribution in [0.5, 0.6) is 5.75 Å². The molecule has 0 bridgehead atoms. The number of likely N-dealkylation sites (N-methyl/N-ethyl adjacent to an activating group) is 1. The lowest BCUT2D eigenvalue weighted by molar-refractivity contribution is 0.102. The highest BCUT2D eigenvalue weighted by Crippen LogP contribution is 2.32. The van der Waals surface area contributed by atoms with Gasteiger partial charge in [-0.2, -0.15) is 5.10 Å². The second kappa shape index (κ2) is 10.5. The van der Waals surface area contributed by atoms with Crippen LogP contribution in [0.2, 0.25) is 0 Å². The maximum Gasteiger partial charge on any atom is 0.255 e. The lowest BCUT2D eigenvalue weighted by Crippen LogP contribution is -2.44. The Morgan fingerprint density at radius 1 is 0.892 bits per heavy atom. The number of amides is 1. The van der Waals surface area contributed by atoms with Crippen molar-refractivity contribution in [2.24, 2.45) is 7.05 Å². The largest absolute Gasteiger partial charge is 0.495 e. The number of anilines is 2. The van der Waals surface area contributed by atoms with E-state index in [1.807, 2.05) is 62.6 Å². The number of nitrogens with zero attached hydrogens (tertiary/aromatic N) is 4. The molecular weight excluding hydrogens is 462 g/mol. The molecule has 0 radical (unpaired) electrons. The minimum absolute atomic E-state index is 0.130. The smallest absolute Gasteiger partial charge is 0.255 e. The van der Waals surface area contributed by atoms with E-state index < -0.39 is 0 Å². The van der Waals surface area contributed by atoms with E-state index in [0.717, 1.165) is 71.3 Å². The van der Waals surface area contributed by atoms with Crippen LogP contribution in [0.25, 0.3) is 22.4 Å². The zero-order valence-corrected chi connectivity index (χ0v) is 21.9. The van der Waals surface area contributed by atoms with Crippen LogP contribution in [-0.4, -0.2) is 60.9 Å². The molecule has 7 nitrogen and oxygen atoms in total. The molecular formula is C30H33N5O2. The molecule has 0 aliphatic carbocycles. The molecule has 7 heteroatoms. The van der Waals surface area contributed by atoms with Gasteiger partial charge in [0.2, 0.25) is 0 Å². The van der Waals surface area contributed by atoms with E-state index in [1.165, 1.54) is 0 Å². The summed E-state index contributed by atoms with van der Waals surface area (Å²) in [6.45, 7) is 5.88. The van der Waals surface area contributed by atoms with E-state index in [2.05, 4.69) is 51.5 Å². The first kappa shape index (κ1) is 24.6. The number of carbonyl (C=O) groups is 1. The third kappa shape index (κ3) is 5.37. The summed E-state index contributed by atoms with van der Waals surface area (Å²) in [6.07, 6.45) is 1.94. The molecule has 1 aromatic heterocycles. The van der Waals surface area contributed by atoms with Gasteiger partial charge in [-0.05, 0) is 67.1 Å². The summed E-state index contributed by atoms with van der Waals surface area (Å²) in [5, 5.41) is 7.54. The van der Waals surface area contributed by atoms with Gasteiger partial charge < -0.3 is 19.9 Å². The van der Waals surface area contributed by atoms with Gasteiger partial charge in [-0.25, -0.2) is 0 Å². The van der Waals surface area contributed by atoms with Gasteiger partial charge in [-0.15, -0.1) is 0 Å². The Balaban J connectivity index is 1.31. The maximum absolute atomic E-state index is 13.1. The normalized spacial score (nSPS) is 14.0. The van der Waals surface area contributed by atoms with Gasteiger partial charge in [0.15, 0.2) is 0 Å². The van der Waals surface area contributed by atoms with Crippen molar-refractivity contribution in [1.82, 2.24) is 14.7 Å². The van der Waals surface area contributed by atoms with Crippen molar-refractivity contribution in [2.45, 2.75) is 6.92 Å². The number of nitrogens with one attached hydrogen (secondary N) is 1.